The summed E-state index contributed by atoms with van der Waals surface area (Å²) in [7, 11) is 0. The van der Waals surface area contributed by atoms with E-state index in [0.717, 1.165) is 41.0 Å². The van der Waals surface area contributed by atoms with E-state index in [1.807, 2.05) is 54.8 Å². The summed E-state index contributed by atoms with van der Waals surface area (Å²) in [6, 6.07) is 23.0. The minimum absolute atomic E-state index is 0.0392. The molecule has 48 heavy (non-hydrogen) atoms. The molecule has 2 aromatic heterocycles. The molecule has 2 fully saturated rings. The van der Waals surface area contributed by atoms with Gasteiger partial charge in [0.25, 0.3) is 0 Å². The van der Waals surface area contributed by atoms with Crippen LogP contribution in [0.2, 0.25) is 0 Å². The minimum atomic E-state index is -1.37. The van der Waals surface area contributed by atoms with Crippen molar-refractivity contribution in [3.63, 3.8) is 0 Å². The predicted octanol–water partition coefficient (Wildman–Crippen LogP) is 5.98. The van der Waals surface area contributed by atoms with Gasteiger partial charge in [-0.05, 0) is 74.5 Å². The van der Waals surface area contributed by atoms with Crippen LogP contribution in [0, 0.1) is 0 Å². The Morgan fingerprint density at radius 1 is 0.896 bits per heavy atom. The van der Waals surface area contributed by atoms with Crippen LogP contribution in [0.1, 0.15) is 57.6 Å². The van der Waals surface area contributed by atoms with Crippen molar-refractivity contribution in [2.75, 3.05) is 50.8 Å². The number of anilines is 1. The number of carbonyl (C=O) groups excluding carboxylic acids is 2. The average Bonchev–Trinajstić information content (AvgIpc) is 3.59. The first-order chi connectivity index (χ1) is 23.4. The van der Waals surface area contributed by atoms with Gasteiger partial charge in [0.15, 0.2) is 0 Å². The number of fused-ring (bicyclic) bond motifs is 1. The number of amides is 1. The number of ether oxygens (including phenoxy) is 2. The molecule has 4 aromatic rings. The van der Waals surface area contributed by atoms with E-state index in [0.29, 0.717) is 38.1 Å². The van der Waals surface area contributed by atoms with E-state index in [4.69, 9.17) is 9.47 Å². The maximum atomic E-state index is 12.9. The third kappa shape index (κ3) is 8.35. The molecule has 1 unspecified atom stereocenters. The van der Waals surface area contributed by atoms with Gasteiger partial charge in [0.2, 0.25) is 6.10 Å². The van der Waals surface area contributed by atoms with E-state index in [9.17, 15) is 14.7 Å². The molecule has 0 spiro atoms. The van der Waals surface area contributed by atoms with Crippen molar-refractivity contribution >= 4 is 23.3 Å². The molecule has 0 saturated carbocycles. The molecule has 0 aliphatic carbocycles. The summed E-state index contributed by atoms with van der Waals surface area (Å²) in [5.41, 5.74) is 6.54. The van der Waals surface area contributed by atoms with Gasteiger partial charge in [0.05, 0.1) is 17.8 Å². The van der Waals surface area contributed by atoms with E-state index in [-0.39, 0.29) is 6.61 Å². The number of aliphatic hydroxyl groups is 1. The minimum Gasteiger partial charge on any atom is -0.458 e. The van der Waals surface area contributed by atoms with E-state index >= 15 is 0 Å². The Morgan fingerprint density at radius 3 is 2.23 bits per heavy atom. The van der Waals surface area contributed by atoms with Crippen LogP contribution in [-0.4, -0.2) is 94.6 Å². The lowest BCUT2D eigenvalue weighted by Gasteiger charge is -2.36. The molecule has 1 atom stereocenters. The van der Waals surface area contributed by atoms with Gasteiger partial charge in [0.1, 0.15) is 6.61 Å². The number of hydrogen-bond acceptors (Lipinski definition) is 8. The monoisotopic (exact) mass is 655 g/mol. The third-order valence-corrected chi connectivity index (χ3v) is 9.24. The van der Waals surface area contributed by atoms with Crippen LogP contribution < -0.4 is 4.90 Å². The van der Waals surface area contributed by atoms with Crippen molar-refractivity contribution in [2.24, 2.45) is 0 Å². The van der Waals surface area contributed by atoms with Gasteiger partial charge >= 0.3 is 12.1 Å². The molecule has 10 heteroatoms. The summed E-state index contributed by atoms with van der Waals surface area (Å²) in [6.07, 6.45) is 4.25. The van der Waals surface area contributed by atoms with E-state index in [2.05, 4.69) is 65.3 Å². The van der Waals surface area contributed by atoms with E-state index in [1.54, 1.807) is 11.1 Å². The molecular weight excluding hydrogens is 606 g/mol. The first-order valence-corrected chi connectivity index (χ1v) is 17.2. The van der Waals surface area contributed by atoms with E-state index in [1.165, 1.54) is 18.4 Å². The standard InChI is InChI=1S/C36H43N5O5.C2H6/c1-26(2)38-16-13-30(14-17-38)28-8-10-29(11-9-28)31-22-33-32(12-15-37-41(33)23-31)39-18-20-40(21-19-39)36(44)46-34(24-42)35(43)45-25-27-6-4-3-5-7-27;1-2/h3-12,15,22-23,26,30,34,42H,13-14,16-21,24-25H2,1-2H3;1-2H3. The van der Waals surface area contributed by atoms with Crippen molar-refractivity contribution in [2.45, 2.75) is 65.2 Å². The number of esters is 1. The van der Waals surface area contributed by atoms with Gasteiger partial charge < -0.3 is 29.3 Å². The lowest BCUT2D eigenvalue weighted by molar-refractivity contribution is -0.157. The van der Waals surface area contributed by atoms with Gasteiger partial charge in [0, 0.05) is 50.2 Å². The fourth-order valence-corrected chi connectivity index (χ4v) is 6.43. The number of likely N-dealkylation sites (tertiary alicyclic amines) is 1. The Labute approximate surface area is 283 Å². The number of piperazine rings is 1. The van der Waals surface area contributed by atoms with Gasteiger partial charge in [-0.15, -0.1) is 0 Å². The highest BCUT2D eigenvalue weighted by Gasteiger charge is 2.29. The van der Waals surface area contributed by atoms with Crippen LogP contribution >= 0.6 is 0 Å². The van der Waals surface area contributed by atoms with Crippen LogP contribution in [-0.2, 0) is 20.9 Å². The molecule has 2 aromatic carbocycles. The molecule has 2 aliphatic heterocycles. The number of carbonyl (C=O) groups is 2. The van der Waals surface area contributed by atoms with Crippen LogP contribution in [0.25, 0.3) is 16.6 Å². The Balaban J connectivity index is 0.00000221. The first kappa shape index (κ1) is 34.9. The summed E-state index contributed by atoms with van der Waals surface area (Å²) in [6.45, 7) is 12.3. The zero-order valence-electron chi connectivity index (χ0n) is 28.6. The van der Waals surface area contributed by atoms with Crippen LogP contribution in [0.4, 0.5) is 10.5 Å². The molecule has 256 valence electrons. The van der Waals surface area contributed by atoms with Crippen molar-refractivity contribution in [3.8, 4) is 11.1 Å². The van der Waals surface area contributed by atoms with Gasteiger partial charge in [-0.3, -0.25) is 0 Å². The van der Waals surface area contributed by atoms with Crippen molar-refractivity contribution in [1.29, 1.82) is 0 Å². The molecule has 1 amide bonds. The molecule has 6 rings (SSSR count). The Kier molecular flexibility index (Phi) is 12.1. The molecule has 4 heterocycles. The van der Waals surface area contributed by atoms with Crippen LogP contribution in [0.3, 0.4) is 0 Å². The fraction of sp³-hybridized carbons (Fsp3) is 0.447. The van der Waals surface area contributed by atoms with Crippen LogP contribution in [0.15, 0.2) is 79.1 Å². The summed E-state index contributed by atoms with van der Waals surface area (Å²) < 4.78 is 12.5. The SMILES string of the molecule is CC.CC(C)N1CCC(c2ccc(-c3cc4c(N5CCN(C(=O)OC(CO)C(=O)OCc6ccccc6)CC5)ccnn4c3)cc2)CC1. The molecule has 1 N–H and O–H groups in total. The number of benzene rings is 2. The number of aromatic nitrogens is 2. The number of aliphatic hydroxyl groups excluding tert-OH is 1. The number of hydrogen-bond donors (Lipinski definition) is 1. The zero-order chi connectivity index (χ0) is 34.0. The number of nitrogens with zero attached hydrogens (tertiary/aromatic N) is 5. The largest absolute Gasteiger partial charge is 0.458 e. The predicted molar refractivity (Wildman–Crippen MR) is 188 cm³/mol. The summed E-state index contributed by atoms with van der Waals surface area (Å²) in [5.74, 6) is -0.160. The molecule has 2 aliphatic rings. The maximum absolute atomic E-state index is 12.9. The fourth-order valence-electron chi connectivity index (χ4n) is 6.43. The highest BCUT2D eigenvalue weighted by molar-refractivity contribution is 5.81. The first-order valence-electron chi connectivity index (χ1n) is 17.2. The molecule has 2 saturated heterocycles. The lowest BCUT2D eigenvalue weighted by Crippen LogP contribution is -2.50. The van der Waals surface area contributed by atoms with Crippen molar-refractivity contribution < 1.29 is 24.2 Å². The second-order valence-electron chi connectivity index (χ2n) is 12.4. The maximum Gasteiger partial charge on any atom is 0.410 e. The van der Waals surface area contributed by atoms with Gasteiger partial charge in [-0.2, -0.15) is 5.10 Å². The third-order valence-electron chi connectivity index (χ3n) is 9.24. The average molecular weight is 656 g/mol. The molecule has 0 bridgehead atoms. The number of rotatable bonds is 9. The summed E-state index contributed by atoms with van der Waals surface area (Å²) in [5, 5.41) is 14.3. The lowest BCUT2D eigenvalue weighted by atomic mass is 9.88. The normalized spacial score (nSPS) is 16.4. The van der Waals surface area contributed by atoms with Crippen molar-refractivity contribution in [1.82, 2.24) is 19.4 Å². The number of piperidine rings is 1. The second-order valence-corrected chi connectivity index (χ2v) is 12.4. The van der Waals surface area contributed by atoms with Crippen LogP contribution in [0.5, 0.6) is 0 Å². The second kappa shape index (κ2) is 16.6. The smallest absolute Gasteiger partial charge is 0.410 e. The van der Waals surface area contributed by atoms with Gasteiger partial charge in [-0.25, -0.2) is 14.1 Å². The molecule has 0 radical (unpaired) electrons. The quantitative estimate of drug-likeness (QED) is 0.220. The molecular formula is C38H49N5O5. The van der Waals surface area contributed by atoms with Gasteiger partial charge in [-0.1, -0.05) is 68.4 Å². The zero-order valence-corrected chi connectivity index (χ0v) is 28.6. The van der Waals surface area contributed by atoms with E-state index < -0.39 is 24.8 Å². The summed E-state index contributed by atoms with van der Waals surface area (Å²) >= 11 is 0. The molecule has 10 nitrogen and oxygen atoms in total. The summed E-state index contributed by atoms with van der Waals surface area (Å²) in [4.78, 5) is 31.7. The Bertz CT molecular complexity index is 1610. The highest BCUT2D eigenvalue weighted by Crippen LogP contribution is 2.32. The topological polar surface area (TPSA) is 99.8 Å². The Morgan fingerprint density at radius 2 is 1.58 bits per heavy atom. The van der Waals surface area contributed by atoms with Crippen molar-refractivity contribution in [3.05, 3.63) is 90.3 Å². The Hall–Kier alpha value is -4.41. The highest BCUT2D eigenvalue weighted by atomic mass is 16.6.